The second-order valence-electron chi connectivity index (χ2n) is 7.63. The molecule has 0 radical (unpaired) electrons. The molecule has 0 bridgehead atoms. The van der Waals surface area contributed by atoms with Crippen molar-refractivity contribution in [1.82, 2.24) is 14.8 Å². The fraction of sp³-hybridized carbons (Fsp3) is 0.500. The third-order valence-corrected chi connectivity index (χ3v) is 5.64. The van der Waals surface area contributed by atoms with Crippen LogP contribution in [0.1, 0.15) is 27.1 Å². The fourth-order valence-corrected chi connectivity index (χ4v) is 3.86. The molecule has 1 aromatic heterocycles. The molecule has 0 saturated carbocycles. The van der Waals surface area contributed by atoms with E-state index >= 15 is 0 Å². The van der Waals surface area contributed by atoms with E-state index in [1.54, 1.807) is 0 Å². The second-order valence-corrected chi connectivity index (χ2v) is 7.63. The average Bonchev–Trinajstić information content (AvgIpc) is 3.06. The van der Waals surface area contributed by atoms with Crippen molar-refractivity contribution in [2.45, 2.75) is 32.9 Å². The summed E-state index contributed by atoms with van der Waals surface area (Å²) in [6.07, 6.45) is 0.384. The number of amides is 1. The Kier molecular flexibility index (Phi) is 7.82. The number of esters is 1. The van der Waals surface area contributed by atoms with Crippen molar-refractivity contribution in [1.29, 1.82) is 0 Å². The number of hydrogen-bond acceptors (Lipinski definition) is 5. The van der Waals surface area contributed by atoms with Crippen molar-refractivity contribution in [3.05, 3.63) is 52.6 Å². The zero-order valence-corrected chi connectivity index (χ0v) is 18.0. The standard InChI is InChI=1S/C22H30BN3O4/c1-16-20(23-17(2)26(16)10-9-25-11-13-30-14-12-25)21(27)24-19(22(28)29-3)15-18-7-5-4-6-8-18/h4-8,19H,9-15H2,1-3H3,(H,24,27). The predicted molar refractivity (Wildman–Crippen MR) is 116 cm³/mol. The van der Waals surface area contributed by atoms with Gasteiger partial charge in [-0.25, -0.2) is 0 Å². The quantitative estimate of drug-likeness (QED) is 0.663. The van der Waals surface area contributed by atoms with Crippen LogP contribution in [0.15, 0.2) is 30.3 Å². The topological polar surface area (TPSA) is 72.8 Å². The van der Waals surface area contributed by atoms with Gasteiger partial charge in [0.2, 0.25) is 0 Å². The van der Waals surface area contributed by atoms with E-state index in [2.05, 4.69) is 14.8 Å². The molecule has 8 heteroatoms. The molecule has 1 aliphatic heterocycles. The van der Waals surface area contributed by atoms with Gasteiger partial charge in [0.05, 0.1) is 0 Å². The molecule has 160 valence electrons. The Morgan fingerprint density at radius 2 is 1.87 bits per heavy atom. The van der Waals surface area contributed by atoms with Crippen LogP contribution in [-0.4, -0.2) is 74.3 Å². The average molecular weight is 411 g/mol. The number of hydrogen-bond donors (Lipinski definition) is 1. The van der Waals surface area contributed by atoms with E-state index in [1.165, 1.54) is 7.11 Å². The molecule has 1 saturated heterocycles. The molecule has 0 aliphatic carbocycles. The van der Waals surface area contributed by atoms with Gasteiger partial charge in [0, 0.05) is 0 Å². The molecule has 1 N–H and O–H groups in total. The van der Waals surface area contributed by atoms with E-state index in [4.69, 9.17) is 9.47 Å². The minimum absolute atomic E-state index is 0.257. The van der Waals surface area contributed by atoms with E-state index in [-0.39, 0.29) is 5.91 Å². The van der Waals surface area contributed by atoms with Gasteiger partial charge >= 0.3 is 178 Å². The van der Waals surface area contributed by atoms with Crippen LogP contribution in [0.25, 0.3) is 0 Å². The van der Waals surface area contributed by atoms with Crippen LogP contribution < -0.4 is 5.32 Å². The molecule has 1 fully saturated rings. The Morgan fingerprint density at radius 1 is 1.17 bits per heavy atom. The summed E-state index contributed by atoms with van der Waals surface area (Å²) in [5, 5.41) is 2.87. The normalized spacial score (nSPS) is 15.4. The first kappa shape index (κ1) is 22.2. The summed E-state index contributed by atoms with van der Waals surface area (Å²) in [6, 6.07) is 8.86. The number of methoxy groups -OCH3 is 1. The first-order valence-electron chi connectivity index (χ1n) is 10.4. The summed E-state index contributed by atoms with van der Waals surface area (Å²) in [4.78, 5) is 27.6. The van der Waals surface area contributed by atoms with Gasteiger partial charge in [0.15, 0.2) is 0 Å². The third kappa shape index (κ3) is 5.58. The molecule has 1 aliphatic rings. The van der Waals surface area contributed by atoms with Gasteiger partial charge in [0.1, 0.15) is 0 Å². The number of rotatable bonds is 8. The number of nitrogens with zero attached hydrogens (tertiary/aromatic N) is 2. The second kappa shape index (κ2) is 10.5. The maximum absolute atomic E-state index is 13.0. The van der Waals surface area contributed by atoms with Crippen molar-refractivity contribution in [2.24, 2.45) is 0 Å². The van der Waals surface area contributed by atoms with Gasteiger partial charge in [-0.3, -0.25) is 0 Å². The van der Waals surface area contributed by atoms with Crippen LogP contribution in [0.4, 0.5) is 0 Å². The Balaban J connectivity index is 1.69. The van der Waals surface area contributed by atoms with Gasteiger partial charge in [-0.15, -0.1) is 0 Å². The molecule has 30 heavy (non-hydrogen) atoms. The monoisotopic (exact) mass is 411 g/mol. The van der Waals surface area contributed by atoms with Gasteiger partial charge in [0.25, 0.3) is 0 Å². The third-order valence-electron chi connectivity index (χ3n) is 5.64. The van der Waals surface area contributed by atoms with Crippen molar-refractivity contribution >= 4 is 18.8 Å². The maximum atomic E-state index is 13.0. The summed E-state index contributed by atoms with van der Waals surface area (Å²) in [7, 11) is 1.34. The van der Waals surface area contributed by atoms with Crippen molar-refractivity contribution in [3.63, 3.8) is 0 Å². The van der Waals surface area contributed by atoms with Crippen LogP contribution >= 0.6 is 0 Å². The van der Waals surface area contributed by atoms with E-state index < -0.39 is 12.0 Å². The molecular weight excluding hydrogens is 381 g/mol. The Morgan fingerprint density at radius 3 is 2.53 bits per heavy atom. The molecule has 1 aromatic carbocycles. The van der Waals surface area contributed by atoms with E-state index in [0.29, 0.717) is 11.9 Å². The summed E-state index contributed by atoms with van der Waals surface area (Å²) in [5.74, 6) is -0.708. The van der Waals surface area contributed by atoms with E-state index in [0.717, 1.165) is 56.2 Å². The molecular formula is C22H30BN3O4. The number of ether oxygens (including phenoxy) is 2. The molecule has 1 atom stereocenters. The van der Waals surface area contributed by atoms with Gasteiger partial charge in [-0.1, -0.05) is 0 Å². The Labute approximate surface area is 178 Å². The number of aryl methyl sites for hydroxylation is 1. The molecule has 1 unspecified atom stereocenters. The SMILES string of the molecule is COC(=O)C(Cc1ccccc1)NC(=O)c1bc(C)n(CCN2CCOCC2)c1C. The molecule has 1 amide bonds. The summed E-state index contributed by atoms with van der Waals surface area (Å²) in [5.41, 5.74) is 3.49. The van der Waals surface area contributed by atoms with Crippen LogP contribution in [0.5, 0.6) is 0 Å². The zero-order valence-electron chi connectivity index (χ0n) is 18.0. The molecule has 2 heterocycles. The number of morpholine rings is 1. The van der Waals surface area contributed by atoms with Gasteiger partial charge < -0.3 is 0 Å². The fourth-order valence-electron chi connectivity index (χ4n) is 3.86. The number of nitrogens with one attached hydrogen (secondary N) is 1. The molecule has 7 nitrogen and oxygen atoms in total. The first-order chi connectivity index (χ1) is 14.5. The minimum atomic E-state index is -0.735. The van der Waals surface area contributed by atoms with Crippen molar-refractivity contribution in [3.8, 4) is 0 Å². The molecule has 3 rings (SSSR count). The molecule has 2 aromatic rings. The molecule has 0 spiro atoms. The van der Waals surface area contributed by atoms with Gasteiger partial charge in [-0.2, -0.15) is 0 Å². The van der Waals surface area contributed by atoms with Gasteiger partial charge in [-0.05, 0) is 0 Å². The first-order valence-corrected chi connectivity index (χ1v) is 10.4. The Bertz CT molecular complexity index is 863. The number of carbonyl (C=O) groups excluding carboxylic acids is 2. The van der Waals surface area contributed by atoms with Crippen molar-refractivity contribution < 1.29 is 19.1 Å². The van der Waals surface area contributed by atoms with Crippen LogP contribution in [-0.2, 0) is 27.2 Å². The number of aromatic nitrogens is 1. The number of carbonyl (C=O) groups is 2. The summed E-state index contributed by atoms with van der Waals surface area (Å²) < 4.78 is 12.5. The van der Waals surface area contributed by atoms with Crippen LogP contribution in [0.2, 0.25) is 0 Å². The van der Waals surface area contributed by atoms with E-state index in [1.807, 2.05) is 51.1 Å². The Hall–Kier alpha value is -2.45. The summed E-state index contributed by atoms with van der Waals surface area (Å²) >= 11 is 0. The number of benzene rings is 1. The van der Waals surface area contributed by atoms with Crippen LogP contribution in [0, 0.1) is 13.8 Å². The van der Waals surface area contributed by atoms with Crippen LogP contribution in [0.3, 0.4) is 0 Å². The summed E-state index contributed by atoms with van der Waals surface area (Å²) in [6.45, 7) is 11.0. The van der Waals surface area contributed by atoms with E-state index in [9.17, 15) is 9.59 Å². The predicted octanol–water partition coefficient (Wildman–Crippen LogP) is 1.29. The zero-order chi connectivity index (χ0) is 21.5. The van der Waals surface area contributed by atoms with Crippen molar-refractivity contribution in [2.75, 3.05) is 40.0 Å².